The minimum Gasteiger partial charge on any atom is -0.481 e. The number of halogens is 2. The Kier molecular flexibility index (Phi) is 1.44. The highest BCUT2D eigenvalue weighted by atomic mass is 35.5. The van der Waals surface area contributed by atoms with Crippen LogP contribution in [0.2, 0.25) is 0 Å². The molecule has 0 amide bonds. The lowest BCUT2D eigenvalue weighted by Crippen LogP contribution is -2.11. The highest BCUT2D eigenvalue weighted by Crippen LogP contribution is 2.63. The zero-order valence-corrected chi connectivity index (χ0v) is 6.28. The Morgan fingerprint density at radius 1 is 1.90 bits per heavy atom. The van der Waals surface area contributed by atoms with Crippen LogP contribution < -0.4 is 0 Å². The van der Waals surface area contributed by atoms with Crippen molar-refractivity contribution >= 4 is 17.6 Å². The van der Waals surface area contributed by atoms with E-state index >= 15 is 0 Å². The third-order valence-corrected chi connectivity index (χ3v) is 2.50. The van der Waals surface area contributed by atoms with Gasteiger partial charge in [0.1, 0.15) is 0 Å². The molecule has 2 nitrogen and oxygen atoms in total. The van der Waals surface area contributed by atoms with Gasteiger partial charge in [-0.3, -0.25) is 4.79 Å². The number of carbonyl (C=O) groups is 1. The summed E-state index contributed by atoms with van der Waals surface area (Å²) in [6, 6.07) is 0. The number of carboxylic acids is 1. The van der Waals surface area contributed by atoms with Crippen LogP contribution >= 0.6 is 11.6 Å². The van der Waals surface area contributed by atoms with Crippen molar-refractivity contribution in [1.29, 1.82) is 0 Å². The predicted octanol–water partition coefficient (Wildman–Crippen LogP) is 1.78. The second-order valence-corrected chi connectivity index (χ2v) is 3.61. The molecular weight excluding hydrogens is 159 g/mol. The van der Waals surface area contributed by atoms with Crippen molar-refractivity contribution in [3.63, 3.8) is 0 Å². The molecule has 10 heavy (non-hydrogen) atoms. The first-order chi connectivity index (χ1) is 4.37. The summed E-state index contributed by atoms with van der Waals surface area (Å²) in [5.74, 6) is -0.998. The number of carboxylic acid groups (broad SMARTS) is 1. The van der Waals surface area contributed by atoms with Crippen molar-refractivity contribution < 1.29 is 14.3 Å². The number of alkyl halides is 2. The first kappa shape index (κ1) is 7.79. The third-order valence-electron chi connectivity index (χ3n) is 1.91. The number of aliphatic carboxylic acids is 1. The molecule has 0 heterocycles. The molecule has 0 aromatic rings. The van der Waals surface area contributed by atoms with Crippen molar-refractivity contribution in [2.75, 3.05) is 0 Å². The number of rotatable bonds is 2. The van der Waals surface area contributed by atoms with Gasteiger partial charge in [0.05, 0.1) is 6.42 Å². The monoisotopic (exact) mass is 166 g/mol. The third kappa shape index (κ3) is 1.10. The maximum atomic E-state index is 12.7. The topological polar surface area (TPSA) is 37.3 Å². The van der Waals surface area contributed by atoms with Crippen molar-refractivity contribution in [1.82, 2.24) is 0 Å². The lowest BCUT2D eigenvalue weighted by Gasteiger charge is -2.05. The number of hydrogen-bond donors (Lipinski definition) is 1. The van der Waals surface area contributed by atoms with Gasteiger partial charge in [-0.1, -0.05) is 18.5 Å². The summed E-state index contributed by atoms with van der Waals surface area (Å²) in [6.45, 7) is 1.54. The van der Waals surface area contributed by atoms with Crippen LogP contribution in [0, 0.1) is 5.41 Å². The summed E-state index contributed by atoms with van der Waals surface area (Å²) in [5, 5.41) is 6.52. The average Bonchev–Trinajstić information content (AvgIpc) is 2.01. The summed E-state index contributed by atoms with van der Waals surface area (Å²) >= 11 is 5.26. The molecule has 0 aliphatic heterocycles. The highest BCUT2D eigenvalue weighted by molar-refractivity contribution is 6.25. The zero-order valence-electron chi connectivity index (χ0n) is 5.53. The van der Waals surface area contributed by atoms with Gasteiger partial charge < -0.3 is 5.11 Å². The van der Waals surface area contributed by atoms with E-state index in [4.69, 9.17) is 16.7 Å². The Hall–Kier alpha value is -0.310. The van der Waals surface area contributed by atoms with E-state index in [1.807, 2.05) is 0 Å². The standard InChI is InChI=1S/C6H8ClFO2/c1-5(2-4(9)10)3-6(5,7)8/h2-3H2,1H3,(H,9,10)/t5-,6-/m1/s1. The molecule has 0 aromatic carbocycles. The minimum atomic E-state index is -1.77. The van der Waals surface area contributed by atoms with E-state index in [1.165, 1.54) is 6.92 Å². The minimum absolute atomic E-state index is 0.147. The van der Waals surface area contributed by atoms with Gasteiger partial charge in [0.15, 0.2) is 5.13 Å². The van der Waals surface area contributed by atoms with Gasteiger partial charge in [-0.05, 0) is 0 Å². The molecule has 2 atom stereocenters. The Bertz CT molecular complexity index is 181. The van der Waals surface area contributed by atoms with E-state index in [0.29, 0.717) is 0 Å². The maximum absolute atomic E-state index is 12.7. The van der Waals surface area contributed by atoms with Crippen LogP contribution in [-0.4, -0.2) is 16.2 Å². The molecule has 0 saturated heterocycles. The quantitative estimate of drug-likeness (QED) is 0.635. The fraction of sp³-hybridized carbons (Fsp3) is 0.833. The van der Waals surface area contributed by atoms with E-state index in [2.05, 4.69) is 0 Å². The van der Waals surface area contributed by atoms with E-state index in [9.17, 15) is 9.18 Å². The van der Waals surface area contributed by atoms with Crippen LogP contribution in [0.15, 0.2) is 0 Å². The van der Waals surface area contributed by atoms with Gasteiger partial charge >= 0.3 is 5.97 Å². The Morgan fingerprint density at radius 3 is 2.40 bits per heavy atom. The Morgan fingerprint density at radius 2 is 2.30 bits per heavy atom. The molecule has 58 valence electrons. The molecular formula is C6H8ClFO2. The van der Waals surface area contributed by atoms with Crippen LogP contribution in [0.4, 0.5) is 4.39 Å². The second-order valence-electron chi connectivity index (χ2n) is 3.01. The lowest BCUT2D eigenvalue weighted by molar-refractivity contribution is -0.138. The second kappa shape index (κ2) is 1.84. The van der Waals surface area contributed by atoms with E-state index in [-0.39, 0.29) is 12.8 Å². The smallest absolute Gasteiger partial charge is 0.304 e. The van der Waals surface area contributed by atoms with Gasteiger partial charge in [0.25, 0.3) is 0 Å². The first-order valence-corrected chi connectivity index (χ1v) is 3.35. The lowest BCUT2D eigenvalue weighted by atomic mass is 10.1. The van der Waals surface area contributed by atoms with Gasteiger partial charge in [-0.25, -0.2) is 4.39 Å². The van der Waals surface area contributed by atoms with Crippen LogP contribution in [0.25, 0.3) is 0 Å². The predicted molar refractivity (Wildman–Crippen MR) is 34.7 cm³/mol. The molecule has 0 spiro atoms. The molecule has 1 saturated carbocycles. The van der Waals surface area contributed by atoms with E-state index in [0.717, 1.165) is 0 Å². The Labute approximate surface area is 63.0 Å². The molecule has 1 N–H and O–H groups in total. The van der Waals surface area contributed by atoms with Crippen molar-refractivity contribution in [2.45, 2.75) is 24.9 Å². The summed E-state index contributed by atoms with van der Waals surface area (Å²) in [6.07, 6.45) is -0.0408. The highest BCUT2D eigenvalue weighted by Gasteiger charge is 2.65. The molecule has 4 heteroatoms. The number of hydrogen-bond acceptors (Lipinski definition) is 1. The van der Waals surface area contributed by atoms with Crippen LogP contribution in [0.3, 0.4) is 0 Å². The molecule has 1 fully saturated rings. The van der Waals surface area contributed by atoms with Crippen molar-refractivity contribution in [2.24, 2.45) is 5.41 Å². The molecule has 1 aliphatic carbocycles. The fourth-order valence-electron chi connectivity index (χ4n) is 0.971. The van der Waals surface area contributed by atoms with Crippen LogP contribution in [-0.2, 0) is 4.79 Å². The first-order valence-electron chi connectivity index (χ1n) is 2.97. The van der Waals surface area contributed by atoms with Gasteiger partial charge in [0, 0.05) is 11.8 Å². The molecule has 0 unspecified atom stereocenters. The molecule has 1 rings (SSSR count). The largest absolute Gasteiger partial charge is 0.481 e. The van der Waals surface area contributed by atoms with Crippen molar-refractivity contribution in [3.05, 3.63) is 0 Å². The van der Waals surface area contributed by atoms with Crippen molar-refractivity contribution in [3.8, 4) is 0 Å². The Balaban J connectivity index is 2.52. The van der Waals surface area contributed by atoms with Gasteiger partial charge in [-0.2, -0.15) is 0 Å². The molecule has 0 radical (unpaired) electrons. The summed E-state index contributed by atoms with van der Waals surface area (Å²) < 4.78 is 12.7. The van der Waals surface area contributed by atoms with Gasteiger partial charge in [-0.15, -0.1) is 0 Å². The SMILES string of the molecule is C[C@@]1(CC(=O)O)C[C@]1(F)Cl. The molecule has 1 aliphatic rings. The van der Waals surface area contributed by atoms with Gasteiger partial charge in [0.2, 0.25) is 0 Å². The van der Waals surface area contributed by atoms with E-state index < -0.39 is 16.5 Å². The van der Waals surface area contributed by atoms with Crippen LogP contribution in [0.1, 0.15) is 19.8 Å². The normalized spacial score (nSPS) is 45.1. The van der Waals surface area contributed by atoms with Crippen LogP contribution in [0.5, 0.6) is 0 Å². The summed E-state index contributed by atoms with van der Waals surface area (Å²) in [7, 11) is 0. The van der Waals surface area contributed by atoms with E-state index in [1.54, 1.807) is 0 Å². The summed E-state index contributed by atoms with van der Waals surface area (Å²) in [5.41, 5.74) is -0.833. The fourth-order valence-corrected chi connectivity index (χ4v) is 1.33. The zero-order chi connectivity index (χ0) is 7.99. The summed E-state index contributed by atoms with van der Waals surface area (Å²) in [4.78, 5) is 10.1. The molecule has 0 aromatic heterocycles. The molecule has 0 bridgehead atoms. The average molecular weight is 167 g/mol. The maximum Gasteiger partial charge on any atom is 0.304 e.